The van der Waals surface area contributed by atoms with Crippen molar-refractivity contribution < 1.29 is 122 Å². The zero-order chi connectivity index (χ0) is 84.0. The summed E-state index contributed by atoms with van der Waals surface area (Å²) in [5.74, 6) is -2.97. The Labute approximate surface area is 692 Å². The molecule has 0 radical (unpaired) electrons. The van der Waals surface area contributed by atoms with Gasteiger partial charge in [0, 0.05) is 25.7 Å². The van der Waals surface area contributed by atoms with Gasteiger partial charge in [-0.15, -0.1) is 0 Å². The first-order chi connectivity index (χ1) is 55.7. The summed E-state index contributed by atoms with van der Waals surface area (Å²) in [6.07, 6.45) is 26.4. The molecule has 0 aromatic carbocycles. The smallest absolute Gasteiger partial charge is 0.463 e. The Kier molecular flexibility index (Phi) is 63.6. The van der Waals surface area contributed by atoms with Crippen LogP contribution in [0, 0.1) is 0 Å². The first-order valence-electron chi connectivity index (χ1n) is 46.4. The number of esters is 4. The fraction of sp³-hybridized carbons (Fsp3) is 0.933. The number of hydrogen-bond acceptors (Lipinski definition) is 24. The fourth-order valence-electron chi connectivity index (χ4n) is 15.4. The van der Waals surface area contributed by atoms with Crippen molar-refractivity contribution in [3.63, 3.8) is 0 Å². The molecule has 10 N–H and O–H groups in total. The third-order valence-electron chi connectivity index (χ3n) is 22.8. The molecule has 26 heteroatoms. The van der Waals surface area contributed by atoms with E-state index in [9.17, 15) is 74.6 Å². The maximum atomic E-state index is 14.9. The minimum Gasteiger partial charge on any atom is -0.463 e. The van der Waals surface area contributed by atoms with E-state index in [4.69, 9.17) is 46.9 Å². The molecule has 676 valence electrons. The lowest BCUT2D eigenvalue weighted by molar-refractivity contribution is -0.360. The van der Waals surface area contributed by atoms with Crippen LogP contribution in [0.25, 0.3) is 0 Å². The summed E-state index contributed by atoms with van der Waals surface area (Å²) in [5, 5.41) is 102. The van der Waals surface area contributed by atoms with Gasteiger partial charge >= 0.3 is 31.7 Å². The number of aliphatic hydroxyl groups excluding tert-OH is 9. The van der Waals surface area contributed by atoms with Crippen molar-refractivity contribution in [3.05, 3.63) is 12.2 Å². The van der Waals surface area contributed by atoms with Crippen LogP contribution < -0.4 is 0 Å². The molecule has 25 nitrogen and oxygen atoms in total. The number of phosphoric ester groups is 1. The fourth-order valence-corrected chi connectivity index (χ4v) is 16.3. The average molecular weight is 1670 g/mol. The van der Waals surface area contributed by atoms with Crippen LogP contribution in [-0.2, 0) is 70.7 Å². The monoisotopic (exact) mass is 1670 g/mol. The summed E-state index contributed by atoms with van der Waals surface area (Å²) in [6, 6.07) is 0. The molecular formula is C89H165O25P. The van der Waals surface area contributed by atoms with Gasteiger partial charge < -0.3 is 88.7 Å². The quantitative estimate of drug-likeness (QED) is 0.00889. The van der Waals surface area contributed by atoms with Gasteiger partial charge in [0.05, 0.1) is 13.2 Å². The Bertz CT molecular complexity index is 2440. The minimum atomic E-state index is -5.80. The summed E-state index contributed by atoms with van der Waals surface area (Å²) in [6.45, 7) is 5.59. The van der Waals surface area contributed by atoms with E-state index in [0.717, 1.165) is 122 Å². The normalized spacial score (nSPS) is 25.3. The Hall–Kier alpha value is -2.79. The zero-order valence-corrected chi connectivity index (χ0v) is 72.7. The Balaban J connectivity index is 1.92. The highest BCUT2D eigenvalue weighted by atomic mass is 31.2. The summed E-state index contributed by atoms with van der Waals surface area (Å²) in [5.41, 5.74) is 0. The van der Waals surface area contributed by atoms with Crippen molar-refractivity contribution in [2.24, 2.45) is 0 Å². The number of aliphatic hydroxyl groups is 9. The van der Waals surface area contributed by atoms with Crippen molar-refractivity contribution in [1.29, 1.82) is 0 Å². The van der Waals surface area contributed by atoms with Gasteiger partial charge in [-0.3, -0.25) is 28.2 Å². The minimum absolute atomic E-state index is 0.00427. The second kappa shape index (κ2) is 68.7. The Morgan fingerprint density at radius 3 is 1.04 bits per heavy atom. The molecule has 3 rings (SSSR count). The topological polar surface area (TPSA) is 380 Å². The summed E-state index contributed by atoms with van der Waals surface area (Å²) in [7, 11) is -5.80. The number of ether oxygens (including phenoxy) is 8. The zero-order valence-electron chi connectivity index (χ0n) is 71.9. The molecule has 2 saturated heterocycles. The lowest BCUT2D eigenvalue weighted by Crippen LogP contribution is -2.70. The van der Waals surface area contributed by atoms with Crippen LogP contribution >= 0.6 is 7.82 Å². The van der Waals surface area contributed by atoms with Crippen LogP contribution in [0.1, 0.15) is 400 Å². The van der Waals surface area contributed by atoms with Gasteiger partial charge in [0.2, 0.25) is 0 Å². The molecule has 1 aliphatic carbocycles. The maximum absolute atomic E-state index is 14.9. The van der Waals surface area contributed by atoms with E-state index in [-0.39, 0.29) is 25.7 Å². The van der Waals surface area contributed by atoms with Crippen molar-refractivity contribution in [2.45, 2.75) is 504 Å². The number of carbonyl (C=O) groups excluding carboxylic acids is 4. The predicted molar refractivity (Wildman–Crippen MR) is 444 cm³/mol. The van der Waals surface area contributed by atoms with Gasteiger partial charge in [0.15, 0.2) is 24.8 Å². The molecule has 0 spiro atoms. The van der Waals surface area contributed by atoms with Gasteiger partial charge in [-0.2, -0.15) is 0 Å². The van der Waals surface area contributed by atoms with Gasteiger partial charge in [0.25, 0.3) is 0 Å². The van der Waals surface area contributed by atoms with Crippen LogP contribution in [-0.4, -0.2) is 205 Å². The third kappa shape index (κ3) is 49.2. The summed E-state index contributed by atoms with van der Waals surface area (Å²) in [4.78, 5) is 66.4. The molecule has 3 fully saturated rings. The number of unbranched alkanes of at least 4 members (excludes halogenated alkanes) is 49. The van der Waals surface area contributed by atoms with Crippen LogP contribution in [0.4, 0.5) is 0 Å². The molecule has 1 saturated carbocycles. The van der Waals surface area contributed by atoms with E-state index >= 15 is 0 Å². The van der Waals surface area contributed by atoms with Crippen molar-refractivity contribution >= 4 is 31.7 Å². The first kappa shape index (κ1) is 106. The predicted octanol–water partition coefficient (Wildman–Crippen LogP) is 16.8. The van der Waals surface area contributed by atoms with Gasteiger partial charge in [-0.05, 0) is 51.4 Å². The molecule has 18 unspecified atom stereocenters. The first-order valence-corrected chi connectivity index (χ1v) is 47.9. The molecule has 115 heavy (non-hydrogen) atoms. The van der Waals surface area contributed by atoms with Gasteiger partial charge in [-0.1, -0.05) is 335 Å². The molecule has 0 amide bonds. The second-order valence-electron chi connectivity index (χ2n) is 33.2. The Morgan fingerprint density at radius 1 is 0.339 bits per heavy atom. The third-order valence-corrected chi connectivity index (χ3v) is 23.8. The number of rotatable bonds is 75. The van der Waals surface area contributed by atoms with Crippen molar-refractivity contribution in [2.75, 3.05) is 26.4 Å². The number of carbonyl (C=O) groups is 4. The van der Waals surface area contributed by atoms with Crippen LogP contribution in [0.5, 0.6) is 0 Å². The molecule has 3 aliphatic rings. The molecule has 2 heterocycles. The maximum Gasteiger partial charge on any atom is 0.472 e. The highest BCUT2D eigenvalue weighted by Gasteiger charge is 2.60. The van der Waals surface area contributed by atoms with Gasteiger partial charge in [-0.25, -0.2) is 4.57 Å². The average Bonchev–Trinajstić information content (AvgIpc) is 0.754. The van der Waals surface area contributed by atoms with Crippen molar-refractivity contribution in [1.82, 2.24) is 0 Å². The second-order valence-corrected chi connectivity index (χ2v) is 34.6. The highest BCUT2D eigenvalue weighted by Crippen LogP contribution is 2.49. The Morgan fingerprint density at radius 2 is 0.652 bits per heavy atom. The number of hydrogen-bond donors (Lipinski definition) is 10. The van der Waals surface area contributed by atoms with E-state index in [0.29, 0.717) is 38.5 Å². The van der Waals surface area contributed by atoms with E-state index in [1.165, 1.54) is 186 Å². The van der Waals surface area contributed by atoms with Gasteiger partial charge in [0.1, 0.15) is 92.6 Å². The number of allylic oxidation sites excluding steroid dienone is 2. The van der Waals surface area contributed by atoms with Crippen LogP contribution in [0.2, 0.25) is 0 Å². The molecule has 2 aliphatic heterocycles. The summed E-state index contributed by atoms with van der Waals surface area (Å²) < 4.78 is 73.4. The summed E-state index contributed by atoms with van der Waals surface area (Å²) >= 11 is 0. The molecule has 0 aromatic rings. The molecule has 0 bridgehead atoms. The number of phosphoric acid groups is 1. The molecule has 0 aromatic heterocycles. The lowest BCUT2D eigenvalue weighted by atomic mass is 9.84. The molecular weight excluding hydrogens is 1500 g/mol. The highest BCUT2D eigenvalue weighted by molar-refractivity contribution is 7.47. The van der Waals surface area contributed by atoms with Crippen molar-refractivity contribution in [3.8, 4) is 0 Å². The van der Waals surface area contributed by atoms with E-state index in [2.05, 4.69) is 39.8 Å². The largest absolute Gasteiger partial charge is 0.472 e. The standard InChI is InChI=1S/C89H165O25P/c1-5-9-13-17-21-25-29-33-35-39-42-45-49-53-57-61-72(91)105-66-69(108-74(93)63-59-55-51-47-43-38-32-28-24-20-16-12-8-4)67-107-115(103,104)114-87-85(112-88-82(101)78(97)76(95)70(65-90)109-88)81(100)80(99)84(111-75(94)64-60-56-52-48-44-40-36-34-30-26-22-18-14-10-6-2)86(87)113-89-83(102)79(98)77(96)71(110-89)68-106-73(92)62-58-54-50-46-41-37-31-27-23-19-15-11-7-3/h37,41,69-71,76-90,95-102H,5-36,38-40,42-68H2,1-4H3,(H,103,104)/b41-37-. The van der Waals surface area contributed by atoms with Crippen LogP contribution in [0.3, 0.4) is 0 Å². The SMILES string of the molecule is CCCCCCCC/C=C\CCCCCC(=O)OCC1OC(OC2C(OC(=O)CCCCCCCCCCCCCCCCC)C(O)C(O)C(OC3OC(CO)C(O)C(O)C3O)C2OP(=O)(O)OCC(COC(=O)CCCCCCCCCCCCCCCCC)OC(=O)CCCCCCCCCCCCCCC)C(O)C(O)C1O. The molecule has 18 atom stereocenters. The van der Waals surface area contributed by atoms with E-state index in [1.54, 1.807) is 0 Å². The lowest BCUT2D eigenvalue weighted by Gasteiger charge is -2.50. The van der Waals surface area contributed by atoms with Crippen LogP contribution in [0.15, 0.2) is 12.2 Å². The van der Waals surface area contributed by atoms with E-state index in [1.807, 2.05) is 0 Å². The van der Waals surface area contributed by atoms with E-state index < -0.39 is 162 Å².